The van der Waals surface area contributed by atoms with Gasteiger partial charge >= 0.3 is 5.97 Å². The van der Waals surface area contributed by atoms with Crippen LogP contribution in [0.4, 0.5) is 4.39 Å². The minimum Gasteiger partial charge on any atom is -0.507 e. The smallest absolute Gasteiger partial charge is 0.312 e. The van der Waals surface area contributed by atoms with E-state index in [0.717, 1.165) is 0 Å². The summed E-state index contributed by atoms with van der Waals surface area (Å²) in [5.41, 5.74) is 0.985. The van der Waals surface area contributed by atoms with E-state index in [1.54, 1.807) is 6.92 Å². The molecule has 0 aliphatic heterocycles. The number of rotatable bonds is 5. The average molecular weight is 410 g/mol. The molecule has 140 valence electrons. The highest BCUT2D eigenvalue weighted by atomic mass is 35.5. The molecule has 0 aliphatic rings. The Morgan fingerprint density at radius 3 is 2.56 bits per heavy atom. The van der Waals surface area contributed by atoms with Crippen molar-refractivity contribution in [1.29, 1.82) is 0 Å². The number of aromatic hydroxyl groups is 1. The van der Waals surface area contributed by atoms with Gasteiger partial charge in [-0.3, -0.25) is 4.79 Å². The summed E-state index contributed by atoms with van der Waals surface area (Å²) >= 11 is 12.0. The van der Waals surface area contributed by atoms with Crippen molar-refractivity contribution in [3.8, 4) is 28.5 Å². The zero-order valence-corrected chi connectivity index (χ0v) is 15.6. The topological polar surface area (TPSA) is 72.6 Å². The number of benzene rings is 2. The molecular formula is C19H14Cl2FNO4. The summed E-state index contributed by atoms with van der Waals surface area (Å²) in [4.78, 5) is 16.3. The van der Waals surface area contributed by atoms with E-state index >= 15 is 0 Å². The number of esters is 1. The van der Waals surface area contributed by atoms with Crippen LogP contribution in [0.25, 0.3) is 22.8 Å². The number of phenolic OH excluding ortho intramolecular Hbond substituents is 1. The third-order valence-corrected chi connectivity index (χ3v) is 4.41. The van der Waals surface area contributed by atoms with Gasteiger partial charge in [-0.2, -0.15) is 0 Å². The molecule has 0 radical (unpaired) electrons. The first-order chi connectivity index (χ1) is 12.9. The van der Waals surface area contributed by atoms with Crippen LogP contribution in [0.15, 0.2) is 40.8 Å². The van der Waals surface area contributed by atoms with E-state index in [4.69, 9.17) is 32.4 Å². The van der Waals surface area contributed by atoms with Gasteiger partial charge in [0.25, 0.3) is 0 Å². The molecule has 3 rings (SSSR count). The van der Waals surface area contributed by atoms with Crippen LogP contribution in [0.3, 0.4) is 0 Å². The van der Waals surface area contributed by atoms with Gasteiger partial charge in [0.05, 0.1) is 34.3 Å². The van der Waals surface area contributed by atoms with Crippen LogP contribution in [-0.4, -0.2) is 22.7 Å². The highest BCUT2D eigenvalue weighted by molar-refractivity contribution is 6.42. The summed E-state index contributed by atoms with van der Waals surface area (Å²) in [6.07, 6.45) is -0.173. The molecule has 27 heavy (non-hydrogen) atoms. The molecule has 0 bridgehead atoms. The molecule has 0 spiro atoms. The summed E-state index contributed by atoms with van der Waals surface area (Å²) in [6.45, 7) is 1.91. The zero-order chi connectivity index (χ0) is 19.6. The van der Waals surface area contributed by atoms with Crippen LogP contribution < -0.4 is 0 Å². The van der Waals surface area contributed by atoms with Gasteiger partial charge in [-0.15, -0.1) is 0 Å². The molecule has 0 fully saturated rings. The second-order valence-electron chi connectivity index (χ2n) is 5.57. The first-order valence-corrected chi connectivity index (χ1v) is 8.74. The number of carbonyl (C=O) groups is 1. The largest absolute Gasteiger partial charge is 0.507 e. The van der Waals surface area contributed by atoms with Gasteiger partial charge in [0, 0.05) is 11.6 Å². The number of halogens is 3. The lowest BCUT2D eigenvalue weighted by molar-refractivity contribution is -0.142. The van der Waals surface area contributed by atoms with E-state index in [9.17, 15) is 14.3 Å². The fraction of sp³-hybridized carbons (Fsp3) is 0.158. The van der Waals surface area contributed by atoms with Crippen molar-refractivity contribution in [3.05, 3.63) is 58.0 Å². The molecule has 0 amide bonds. The fourth-order valence-corrected chi connectivity index (χ4v) is 2.79. The van der Waals surface area contributed by atoms with Gasteiger partial charge in [0.15, 0.2) is 5.76 Å². The van der Waals surface area contributed by atoms with Crippen molar-refractivity contribution in [3.63, 3.8) is 0 Å². The molecule has 1 aromatic heterocycles. The number of aromatic nitrogens is 1. The maximum absolute atomic E-state index is 13.2. The molecule has 0 saturated carbocycles. The summed E-state index contributed by atoms with van der Waals surface area (Å²) in [5, 5.41) is 10.6. The Morgan fingerprint density at radius 2 is 1.89 bits per heavy atom. The number of carbonyl (C=O) groups excluding carboxylic acids is 1. The molecule has 2 aromatic carbocycles. The molecule has 0 unspecified atom stereocenters. The number of nitrogens with zero attached hydrogens (tertiary/aromatic N) is 1. The molecule has 1 heterocycles. The van der Waals surface area contributed by atoms with Crippen LogP contribution in [0.2, 0.25) is 10.0 Å². The van der Waals surface area contributed by atoms with Crippen molar-refractivity contribution >= 4 is 29.2 Å². The van der Waals surface area contributed by atoms with E-state index in [1.165, 1.54) is 36.4 Å². The Balaban J connectivity index is 2.11. The van der Waals surface area contributed by atoms with Gasteiger partial charge < -0.3 is 14.3 Å². The van der Waals surface area contributed by atoms with E-state index in [2.05, 4.69) is 4.98 Å². The second-order valence-corrected chi connectivity index (χ2v) is 6.38. The first-order valence-electron chi connectivity index (χ1n) is 7.98. The SMILES string of the molecule is CCOC(=O)Cc1nc(-c2ccc(F)cc2)oc1-c1cc(Cl)c(Cl)cc1O. The highest BCUT2D eigenvalue weighted by Gasteiger charge is 2.22. The molecular weight excluding hydrogens is 396 g/mol. The molecule has 5 nitrogen and oxygen atoms in total. The molecule has 0 aliphatic carbocycles. The Morgan fingerprint density at radius 1 is 1.22 bits per heavy atom. The monoisotopic (exact) mass is 409 g/mol. The summed E-state index contributed by atoms with van der Waals surface area (Å²) < 4.78 is 23.9. The Kier molecular flexibility index (Phi) is 5.68. The van der Waals surface area contributed by atoms with Crippen molar-refractivity contribution in [2.24, 2.45) is 0 Å². The van der Waals surface area contributed by atoms with Crippen LogP contribution >= 0.6 is 23.2 Å². The zero-order valence-electron chi connectivity index (χ0n) is 14.1. The normalized spacial score (nSPS) is 10.8. The molecule has 0 saturated heterocycles. The Labute approximate surface area is 164 Å². The van der Waals surface area contributed by atoms with Gasteiger partial charge in [-0.25, -0.2) is 9.37 Å². The van der Waals surface area contributed by atoms with Crippen molar-refractivity contribution in [2.75, 3.05) is 6.61 Å². The van der Waals surface area contributed by atoms with Crippen LogP contribution in [0.1, 0.15) is 12.6 Å². The lowest BCUT2D eigenvalue weighted by atomic mass is 10.1. The predicted molar refractivity (Wildman–Crippen MR) is 99.4 cm³/mol. The number of hydrogen-bond donors (Lipinski definition) is 1. The number of oxazole rings is 1. The molecule has 3 aromatic rings. The van der Waals surface area contributed by atoms with Crippen molar-refractivity contribution < 1.29 is 23.4 Å². The molecule has 1 N–H and O–H groups in total. The maximum Gasteiger partial charge on any atom is 0.312 e. The third kappa shape index (κ3) is 4.23. The third-order valence-electron chi connectivity index (χ3n) is 3.69. The lowest BCUT2D eigenvalue weighted by Gasteiger charge is -2.06. The van der Waals surface area contributed by atoms with Crippen molar-refractivity contribution in [2.45, 2.75) is 13.3 Å². The van der Waals surface area contributed by atoms with Gasteiger partial charge in [-0.05, 0) is 37.3 Å². The van der Waals surface area contributed by atoms with Crippen LogP contribution in [-0.2, 0) is 16.0 Å². The standard InChI is InChI=1S/C19H14Cl2FNO4/c1-2-26-17(25)9-15-18(12-7-13(20)14(21)8-16(12)24)27-19(23-15)10-3-5-11(22)6-4-10/h3-8,24H,2,9H2,1H3. The lowest BCUT2D eigenvalue weighted by Crippen LogP contribution is -2.08. The quantitative estimate of drug-likeness (QED) is 0.581. The first kappa shape index (κ1) is 19.2. The Bertz CT molecular complexity index is 986. The minimum absolute atomic E-state index is 0.151. The van der Waals surface area contributed by atoms with Gasteiger partial charge in [0.2, 0.25) is 5.89 Å². The fourth-order valence-electron chi connectivity index (χ4n) is 2.46. The predicted octanol–water partition coefficient (Wildman–Crippen LogP) is 5.27. The Hall–Kier alpha value is -2.57. The number of hydrogen-bond acceptors (Lipinski definition) is 5. The average Bonchev–Trinajstić information content (AvgIpc) is 3.02. The molecule has 8 heteroatoms. The van der Waals surface area contributed by atoms with Gasteiger partial charge in [0.1, 0.15) is 11.6 Å². The van der Waals surface area contributed by atoms with Gasteiger partial charge in [-0.1, -0.05) is 23.2 Å². The number of phenols is 1. The number of ether oxygens (including phenoxy) is 1. The van der Waals surface area contributed by atoms with E-state index in [-0.39, 0.29) is 51.7 Å². The van der Waals surface area contributed by atoms with E-state index < -0.39 is 11.8 Å². The summed E-state index contributed by atoms with van der Waals surface area (Å²) in [5.74, 6) is -0.777. The second kappa shape index (κ2) is 7.98. The van der Waals surface area contributed by atoms with Crippen molar-refractivity contribution in [1.82, 2.24) is 4.98 Å². The molecule has 0 atom stereocenters. The highest BCUT2D eigenvalue weighted by Crippen LogP contribution is 2.39. The summed E-state index contributed by atoms with van der Waals surface area (Å²) in [7, 11) is 0. The van der Waals surface area contributed by atoms with E-state index in [0.29, 0.717) is 5.56 Å². The van der Waals surface area contributed by atoms with Crippen LogP contribution in [0.5, 0.6) is 5.75 Å². The minimum atomic E-state index is -0.503. The summed E-state index contributed by atoms with van der Waals surface area (Å²) in [6, 6.07) is 8.21. The van der Waals surface area contributed by atoms with Crippen LogP contribution in [0, 0.1) is 5.82 Å². The maximum atomic E-state index is 13.2. The van der Waals surface area contributed by atoms with E-state index in [1.807, 2.05) is 0 Å².